The molecule has 1 aliphatic rings. The first-order valence-corrected chi connectivity index (χ1v) is 3.93. The third-order valence-electron chi connectivity index (χ3n) is 1.73. The second-order valence-electron chi connectivity index (χ2n) is 2.54. The highest BCUT2D eigenvalue weighted by molar-refractivity contribution is 5.48. The van der Waals surface area contributed by atoms with Gasteiger partial charge in [0.25, 0.3) is 0 Å². The lowest BCUT2D eigenvalue weighted by Crippen LogP contribution is -2.37. The number of benzene rings is 1. The summed E-state index contributed by atoms with van der Waals surface area (Å²) in [5, 5.41) is 1.74. The van der Waals surface area contributed by atoms with Gasteiger partial charge in [0.05, 0.1) is 12.8 Å². The van der Waals surface area contributed by atoms with E-state index in [2.05, 4.69) is 16.9 Å². The Balaban J connectivity index is 2.19. The van der Waals surface area contributed by atoms with Crippen molar-refractivity contribution in [1.29, 1.82) is 0 Å². The summed E-state index contributed by atoms with van der Waals surface area (Å²) in [7, 11) is 1.64. The minimum absolute atomic E-state index is 0.809. The maximum Gasteiger partial charge on any atom is 0.121 e. The van der Waals surface area contributed by atoms with Crippen molar-refractivity contribution < 1.29 is 4.74 Å². The Morgan fingerprint density at radius 2 is 2.15 bits per heavy atom. The molecule has 1 heterocycles. The molecule has 0 saturated heterocycles. The van der Waals surface area contributed by atoms with Gasteiger partial charge in [0.15, 0.2) is 0 Å². The van der Waals surface area contributed by atoms with Crippen molar-refractivity contribution in [2.45, 2.75) is 0 Å². The van der Waals surface area contributed by atoms with Gasteiger partial charge in [0, 0.05) is 24.5 Å². The van der Waals surface area contributed by atoms with Crippen LogP contribution in [0.25, 0.3) is 0 Å². The molecule has 0 atom stereocenters. The minimum Gasteiger partial charge on any atom is -0.497 e. The van der Waals surface area contributed by atoms with Crippen LogP contribution in [0.5, 0.6) is 5.75 Å². The predicted molar refractivity (Wildman–Crippen MR) is 49.7 cm³/mol. The largest absolute Gasteiger partial charge is 0.497 e. The summed E-state index contributed by atoms with van der Waals surface area (Å²) in [6, 6.07) is 8.62. The topological polar surface area (TPSA) is 36.5 Å². The van der Waals surface area contributed by atoms with Gasteiger partial charge < -0.3 is 4.74 Å². The number of hydrogen-bond acceptors (Lipinski definition) is 4. The van der Waals surface area contributed by atoms with Crippen LogP contribution in [0.15, 0.2) is 30.6 Å². The Morgan fingerprint density at radius 1 is 1.38 bits per heavy atom. The maximum atomic E-state index is 5.09. The van der Waals surface area contributed by atoms with Gasteiger partial charge >= 0.3 is 0 Å². The standard InChI is InChI=1S/C9H10N3O/c1-13-9-4-2-3-8(7-9)12-10-5-6-11-12/h2,4-7,10-11H,1H3. The smallest absolute Gasteiger partial charge is 0.121 e. The number of rotatable bonds is 2. The molecule has 2 N–H and O–H groups in total. The van der Waals surface area contributed by atoms with Crippen LogP contribution in [0, 0.1) is 6.07 Å². The van der Waals surface area contributed by atoms with Gasteiger partial charge in [-0.2, -0.15) is 5.12 Å². The van der Waals surface area contributed by atoms with Crippen LogP contribution in [0.1, 0.15) is 0 Å². The van der Waals surface area contributed by atoms with Crippen LogP contribution in [0.3, 0.4) is 0 Å². The van der Waals surface area contributed by atoms with Crippen molar-refractivity contribution in [2.24, 2.45) is 0 Å². The molecule has 1 aromatic carbocycles. The normalized spacial score (nSPS) is 13.8. The Labute approximate surface area is 76.7 Å². The Kier molecular flexibility index (Phi) is 1.96. The first-order chi connectivity index (χ1) is 6.40. The number of hydrazine groups is 2. The highest BCUT2D eigenvalue weighted by Gasteiger charge is 2.06. The van der Waals surface area contributed by atoms with Gasteiger partial charge in [-0.3, -0.25) is 10.9 Å². The van der Waals surface area contributed by atoms with Crippen molar-refractivity contribution in [1.82, 2.24) is 10.9 Å². The van der Waals surface area contributed by atoms with E-state index in [1.165, 1.54) is 0 Å². The molecule has 1 aliphatic heterocycles. The molecule has 2 rings (SSSR count). The van der Waals surface area contributed by atoms with E-state index in [9.17, 15) is 0 Å². The summed E-state index contributed by atoms with van der Waals surface area (Å²) >= 11 is 0. The first-order valence-electron chi connectivity index (χ1n) is 3.93. The third kappa shape index (κ3) is 1.51. The summed E-state index contributed by atoms with van der Waals surface area (Å²) in [6.45, 7) is 0. The fourth-order valence-electron chi connectivity index (χ4n) is 1.09. The van der Waals surface area contributed by atoms with Gasteiger partial charge in [-0.25, -0.2) is 0 Å². The fourth-order valence-corrected chi connectivity index (χ4v) is 1.09. The second-order valence-corrected chi connectivity index (χ2v) is 2.54. The van der Waals surface area contributed by atoms with Crippen molar-refractivity contribution in [3.05, 3.63) is 36.7 Å². The molecule has 4 heteroatoms. The highest BCUT2D eigenvalue weighted by Crippen LogP contribution is 2.18. The number of methoxy groups -OCH3 is 1. The maximum absolute atomic E-state index is 5.09. The molecule has 0 aromatic heterocycles. The number of ether oxygens (including phenoxy) is 1. The quantitative estimate of drug-likeness (QED) is 0.698. The van der Waals surface area contributed by atoms with Crippen molar-refractivity contribution in [2.75, 3.05) is 12.2 Å². The van der Waals surface area contributed by atoms with E-state index in [4.69, 9.17) is 4.74 Å². The van der Waals surface area contributed by atoms with E-state index in [1.54, 1.807) is 24.6 Å². The zero-order valence-corrected chi connectivity index (χ0v) is 7.24. The summed E-state index contributed by atoms with van der Waals surface area (Å²) in [6.07, 6.45) is 3.60. The SMILES string of the molecule is COc1cc[c]c(N2NC=CN2)c1. The van der Waals surface area contributed by atoms with Gasteiger partial charge in [-0.1, -0.05) is 0 Å². The summed E-state index contributed by atoms with van der Waals surface area (Å²) < 4.78 is 5.09. The molecule has 1 aromatic rings. The number of nitrogens with one attached hydrogen (secondary N) is 2. The van der Waals surface area contributed by atoms with Gasteiger partial charge in [0.1, 0.15) is 5.75 Å². The number of nitrogens with zero attached hydrogens (tertiary/aromatic N) is 1. The van der Waals surface area contributed by atoms with E-state index in [0.717, 1.165) is 11.4 Å². The molecule has 67 valence electrons. The fraction of sp³-hybridized carbons (Fsp3) is 0.111. The molecule has 0 unspecified atom stereocenters. The highest BCUT2D eigenvalue weighted by atomic mass is 16.5. The molecule has 0 fully saturated rings. The van der Waals surface area contributed by atoms with E-state index >= 15 is 0 Å². The summed E-state index contributed by atoms with van der Waals surface area (Å²) in [5.41, 5.74) is 6.84. The van der Waals surface area contributed by atoms with Crippen LogP contribution in [-0.2, 0) is 0 Å². The molecule has 4 nitrogen and oxygen atoms in total. The molecule has 0 amide bonds. The van der Waals surface area contributed by atoms with Crippen molar-refractivity contribution in [3.63, 3.8) is 0 Å². The second kappa shape index (κ2) is 3.26. The first kappa shape index (κ1) is 7.79. The number of hydrogen-bond donors (Lipinski definition) is 2. The van der Waals surface area contributed by atoms with Crippen LogP contribution in [0.4, 0.5) is 5.69 Å². The molecule has 13 heavy (non-hydrogen) atoms. The summed E-state index contributed by atoms with van der Waals surface area (Å²) in [5.74, 6) is 0.809. The van der Waals surface area contributed by atoms with Crippen LogP contribution in [-0.4, -0.2) is 7.11 Å². The van der Waals surface area contributed by atoms with Crippen LogP contribution in [0.2, 0.25) is 0 Å². The average molecular weight is 176 g/mol. The Morgan fingerprint density at radius 3 is 2.85 bits per heavy atom. The Bertz CT molecular complexity index is 316. The van der Waals surface area contributed by atoms with Crippen molar-refractivity contribution in [3.8, 4) is 5.75 Å². The Hall–Kier alpha value is -1.84. The lowest BCUT2D eigenvalue weighted by molar-refractivity contribution is 0.414. The van der Waals surface area contributed by atoms with Gasteiger partial charge in [-0.05, 0) is 12.1 Å². The zero-order valence-electron chi connectivity index (χ0n) is 7.24. The molecule has 0 bridgehead atoms. The minimum atomic E-state index is 0.809. The number of anilines is 1. The van der Waals surface area contributed by atoms with E-state index in [0.29, 0.717) is 0 Å². The van der Waals surface area contributed by atoms with Crippen molar-refractivity contribution >= 4 is 5.69 Å². The monoisotopic (exact) mass is 176 g/mol. The molecular formula is C9H10N3O. The predicted octanol–water partition coefficient (Wildman–Crippen LogP) is 0.796. The average Bonchev–Trinajstić information content (AvgIpc) is 2.71. The van der Waals surface area contributed by atoms with Gasteiger partial charge in [0.2, 0.25) is 0 Å². The molecule has 1 radical (unpaired) electrons. The van der Waals surface area contributed by atoms with Gasteiger partial charge in [-0.15, -0.1) is 0 Å². The van der Waals surface area contributed by atoms with E-state index in [-0.39, 0.29) is 0 Å². The molecule has 0 saturated carbocycles. The van der Waals surface area contributed by atoms with Crippen LogP contribution >= 0.6 is 0 Å². The van der Waals surface area contributed by atoms with E-state index < -0.39 is 0 Å². The van der Waals surface area contributed by atoms with E-state index in [1.807, 2.05) is 18.2 Å². The summed E-state index contributed by atoms with van der Waals surface area (Å²) in [4.78, 5) is 0. The lowest BCUT2D eigenvalue weighted by atomic mass is 10.3. The molecule has 0 spiro atoms. The third-order valence-corrected chi connectivity index (χ3v) is 1.73. The lowest BCUT2D eigenvalue weighted by Gasteiger charge is -2.18. The molecule has 0 aliphatic carbocycles. The molecular weight excluding hydrogens is 166 g/mol. The zero-order chi connectivity index (χ0) is 9.10. The van der Waals surface area contributed by atoms with Crippen LogP contribution < -0.4 is 20.7 Å².